The molecule has 0 saturated carbocycles. The molecular formula is C27H27N3O2S. The van der Waals surface area contributed by atoms with E-state index in [0.29, 0.717) is 16.1 Å². The SMILES string of the molecule is Cc1ccc(-n2c(SCC(=O)N[C@@H](C)CCc3ccccc3)nc3ccccc3c2=O)cc1. The van der Waals surface area contributed by atoms with Crippen LogP contribution in [-0.2, 0) is 11.2 Å². The molecule has 3 aromatic carbocycles. The average molecular weight is 458 g/mol. The molecule has 0 bridgehead atoms. The molecule has 33 heavy (non-hydrogen) atoms. The van der Waals surface area contributed by atoms with Crippen molar-refractivity contribution in [3.05, 3.63) is 100 Å². The summed E-state index contributed by atoms with van der Waals surface area (Å²) in [5.74, 6) is 0.116. The smallest absolute Gasteiger partial charge is 0.266 e. The average Bonchev–Trinajstić information content (AvgIpc) is 2.83. The lowest BCUT2D eigenvalue weighted by atomic mass is 10.1. The highest BCUT2D eigenvalue weighted by molar-refractivity contribution is 7.99. The number of hydrogen-bond acceptors (Lipinski definition) is 4. The highest BCUT2D eigenvalue weighted by Gasteiger charge is 2.15. The van der Waals surface area contributed by atoms with Gasteiger partial charge in [-0.1, -0.05) is 71.9 Å². The van der Waals surface area contributed by atoms with Crippen LogP contribution < -0.4 is 10.9 Å². The van der Waals surface area contributed by atoms with Crippen LogP contribution in [0.4, 0.5) is 0 Å². The summed E-state index contributed by atoms with van der Waals surface area (Å²) in [5, 5.41) is 4.13. The third-order valence-electron chi connectivity index (χ3n) is 5.49. The molecule has 1 aromatic heterocycles. The Labute approximate surface area is 197 Å². The molecule has 0 radical (unpaired) electrons. The standard InChI is InChI=1S/C27H27N3O2S/c1-19-12-16-22(17-13-19)30-26(32)23-10-6-7-11-24(23)29-27(30)33-18-25(31)28-20(2)14-15-21-8-4-3-5-9-21/h3-13,16-17,20H,14-15,18H2,1-2H3,(H,28,31)/t20-/m0/s1. The number of carbonyl (C=O) groups is 1. The molecule has 0 fully saturated rings. The molecule has 0 aliphatic carbocycles. The molecular weight excluding hydrogens is 430 g/mol. The summed E-state index contributed by atoms with van der Waals surface area (Å²) in [6, 6.07) is 25.4. The molecule has 5 nitrogen and oxygen atoms in total. The maximum absolute atomic E-state index is 13.3. The van der Waals surface area contributed by atoms with E-state index in [2.05, 4.69) is 17.4 Å². The number of aromatic nitrogens is 2. The molecule has 4 aromatic rings. The fourth-order valence-electron chi connectivity index (χ4n) is 3.68. The molecule has 1 heterocycles. The molecule has 0 aliphatic rings. The zero-order valence-electron chi connectivity index (χ0n) is 18.8. The Morgan fingerprint density at radius 3 is 2.45 bits per heavy atom. The number of rotatable bonds is 8. The third-order valence-corrected chi connectivity index (χ3v) is 6.42. The van der Waals surface area contributed by atoms with Gasteiger partial charge in [0.25, 0.3) is 5.56 Å². The Hall–Kier alpha value is -3.38. The van der Waals surface area contributed by atoms with Gasteiger partial charge in [0.15, 0.2) is 5.16 Å². The van der Waals surface area contributed by atoms with E-state index < -0.39 is 0 Å². The van der Waals surface area contributed by atoms with Crippen molar-refractivity contribution < 1.29 is 4.79 Å². The zero-order chi connectivity index (χ0) is 23.2. The van der Waals surface area contributed by atoms with Crippen molar-refractivity contribution in [1.82, 2.24) is 14.9 Å². The summed E-state index contributed by atoms with van der Waals surface area (Å²) in [5.41, 5.74) is 3.60. The summed E-state index contributed by atoms with van der Waals surface area (Å²) in [6.07, 6.45) is 1.78. The van der Waals surface area contributed by atoms with Crippen molar-refractivity contribution in [2.45, 2.75) is 37.9 Å². The highest BCUT2D eigenvalue weighted by atomic mass is 32.2. The third kappa shape index (κ3) is 5.71. The van der Waals surface area contributed by atoms with Crippen LogP contribution in [0.3, 0.4) is 0 Å². The largest absolute Gasteiger partial charge is 0.353 e. The lowest BCUT2D eigenvalue weighted by molar-refractivity contribution is -0.119. The quantitative estimate of drug-likeness (QED) is 0.301. The summed E-state index contributed by atoms with van der Waals surface area (Å²) < 4.78 is 1.60. The first-order valence-corrected chi connectivity index (χ1v) is 12.0. The highest BCUT2D eigenvalue weighted by Crippen LogP contribution is 2.21. The van der Waals surface area contributed by atoms with Crippen molar-refractivity contribution in [3.8, 4) is 5.69 Å². The van der Waals surface area contributed by atoms with Gasteiger partial charge in [0.05, 0.1) is 22.3 Å². The lowest BCUT2D eigenvalue weighted by Crippen LogP contribution is -2.34. The maximum Gasteiger partial charge on any atom is 0.266 e. The Morgan fingerprint density at radius 2 is 1.70 bits per heavy atom. The van der Waals surface area contributed by atoms with Gasteiger partial charge in [-0.2, -0.15) is 0 Å². The van der Waals surface area contributed by atoms with Crippen molar-refractivity contribution in [3.63, 3.8) is 0 Å². The van der Waals surface area contributed by atoms with E-state index >= 15 is 0 Å². The van der Waals surface area contributed by atoms with Gasteiger partial charge < -0.3 is 5.32 Å². The number of fused-ring (bicyclic) bond motifs is 1. The number of hydrogen-bond donors (Lipinski definition) is 1. The minimum atomic E-state index is -0.136. The van der Waals surface area contributed by atoms with Gasteiger partial charge in [0.2, 0.25) is 5.91 Å². The van der Waals surface area contributed by atoms with Crippen LogP contribution in [0.25, 0.3) is 16.6 Å². The molecule has 4 rings (SSSR count). The van der Waals surface area contributed by atoms with Gasteiger partial charge in [-0.05, 0) is 56.5 Å². The van der Waals surface area contributed by atoms with Crippen LogP contribution in [-0.4, -0.2) is 27.3 Å². The van der Waals surface area contributed by atoms with Gasteiger partial charge >= 0.3 is 0 Å². The Kier molecular flexibility index (Phi) is 7.25. The first kappa shape index (κ1) is 22.8. The van der Waals surface area contributed by atoms with Crippen LogP contribution in [0.1, 0.15) is 24.5 Å². The van der Waals surface area contributed by atoms with Crippen molar-refractivity contribution in [2.75, 3.05) is 5.75 Å². The number of nitrogens with zero attached hydrogens (tertiary/aromatic N) is 2. The molecule has 0 unspecified atom stereocenters. The normalized spacial score (nSPS) is 11.9. The fourth-order valence-corrected chi connectivity index (χ4v) is 4.50. The van der Waals surface area contributed by atoms with E-state index in [1.165, 1.54) is 17.3 Å². The predicted octanol–water partition coefficient (Wildman–Crippen LogP) is 4.92. The van der Waals surface area contributed by atoms with Crippen LogP contribution in [0.2, 0.25) is 0 Å². The summed E-state index contributed by atoms with van der Waals surface area (Å²) >= 11 is 1.28. The topological polar surface area (TPSA) is 64.0 Å². The second-order valence-electron chi connectivity index (χ2n) is 8.17. The first-order valence-electron chi connectivity index (χ1n) is 11.1. The second-order valence-corrected chi connectivity index (χ2v) is 9.11. The Bertz CT molecular complexity index is 1300. The molecule has 0 aliphatic heterocycles. The Morgan fingerprint density at radius 1 is 1.00 bits per heavy atom. The Balaban J connectivity index is 1.49. The van der Waals surface area contributed by atoms with Crippen LogP contribution >= 0.6 is 11.8 Å². The van der Waals surface area contributed by atoms with E-state index in [-0.39, 0.29) is 23.3 Å². The van der Waals surface area contributed by atoms with Gasteiger partial charge in [0, 0.05) is 6.04 Å². The van der Waals surface area contributed by atoms with E-state index in [9.17, 15) is 9.59 Å². The molecule has 0 saturated heterocycles. The molecule has 1 atom stereocenters. The lowest BCUT2D eigenvalue weighted by Gasteiger charge is -2.15. The maximum atomic E-state index is 13.3. The number of para-hydroxylation sites is 1. The van der Waals surface area contributed by atoms with Crippen LogP contribution in [0, 0.1) is 6.92 Å². The van der Waals surface area contributed by atoms with Gasteiger partial charge in [0.1, 0.15) is 0 Å². The molecule has 168 valence electrons. The minimum Gasteiger partial charge on any atom is -0.353 e. The van der Waals surface area contributed by atoms with Crippen LogP contribution in [0.5, 0.6) is 0 Å². The molecule has 6 heteroatoms. The van der Waals surface area contributed by atoms with Crippen molar-refractivity contribution in [2.24, 2.45) is 0 Å². The fraction of sp³-hybridized carbons (Fsp3) is 0.222. The molecule has 1 amide bonds. The number of nitrogens with one attached hydrogen (secondary N) is 1. The number of aryl methyl sites for hydroxylation is 2. The number of thioether (sulfide) groups is 1. The van der Waals surface area contributed by atoms with Crippen molar-refractivity contribution in [1.29, 1.82) is 0 Å². The van der Waals surface area contributed by atoms with Gasteiger partial charge in [-0.15, -0.1) is 0 Å². The summed E-state index contributed by atoms with van der Waals surface area (Å²) in [6.45, 7) is 4.02. The van der Waals surface area contributed by atoms with E-state index in [1.54, 1.807) is 10.6 Å². The second kappa shape index (κ2) is 10.5. The zero-order valence-corrected chi connectivity index (χ0v) is 19.6. The number of amides is 1. The summed E-state index contributed by atoms with van der Waals surface area (Å²) in [7, 11) is 0. The van der Waals surface area contributed by atoms with E-state index in [4.69, 9.17) is 4.98 Å². The van der Waals surface area contributed by atoms with Gasteiger partial charge in [-0.3, -0.25) is 14.2 Å². The molecule has 0 spiro atoms. The number of carbonyl (C=O) groups excluding carboxylic acids is 1. The monoisotopic (exact) mass is 457 g/mol. The number of benzene rings is 3. The summed E-state index contributed by atoms with van der Waals surface area (Å²) in [4.78, 5) is 30.6. The van der Waals surface area contributed by atoms with Crippen LogP contribution in [0.15, 0.2) is 88.8 Å². The van der Waals surface area contributed by atoms with E-state index in [1.807, 2.05) is 74.5 Å². The van der Waals surface area contributed by atoms with Gasteiger partial charge in [-0.25, -0.2) is 4.98 Å². The minimum absolute atomic E-state index is 0.0576. The predicted molar refractivity (Wildman–Crippen MR) is 135 cm³/mol. The van der Waals surface area contributed by atoms with Crippen molar-refractivity contribution >= 4 is 28.6 Å². The first-order chi connectivity index (χ1) is 16.0. The molecule has 1 N–H and O–H groups in total. The van der Waals surface area contributed by atoms with E-state index in [0.717, 1.165) is 24.1 Å².